The number of furan rings is 1. The summed E-state index contributed by atoms with van der Waals surface area (Å²) in [6, 6.07) is 7.61. The van der Waals surface area contributed by atoms with Gasteiger partial charge in [-0.05, 0) is 31.7 Å². The minimum absolute atomic E-state index is 0.235. The van der Waals surface area contributed by atoms with Crippen molar-refractivity contribution in [2.24, 2.45) is 5.84 Å². The highest BCUT2D eigenvalue weighted by Gasteiger charge is 2.15. The molecule has 0 fully saturated rings. The first kappa shape index (κ1) is 15.2. The summed E-state index contributed by atoms with van der Waals surface area (Å²) in [4.78, 5) is 18.0. The Morgan fingerprint density at radius 1 is 1.43 bits per heavy atom. The van der Waals surface area contributed by atoms with Crippen LogP contribution in [-0.2, 0) is 13.1 Å². The molecule has 6 nitrogen and oxygen atoms in total. The highest BCUT2D eigenvalue weighted by Crippen LogP contribution is 2.17. The molecular formula is C15H20N4O2. The summed E-state index contributed by atoms with van der Waals surface area (Å²) in [6.45, 7) is 6.25. The summed E-state index contributed by atoms with van der Waals surface area (Å²) in [6.07, 6.45) is 1.79. The minimum Gasteiger partial charge on any atom is -0.456 e. The molecule has 112 valence electrons. The number of amides is 1. The van der Waals surface area contributed by atoms with Crippen LogP contribution < -0.4 is 11.3 Å². The van der Waals surface area contributed by atoms with Crippen LogP contribution in [-0.4, -0.2) is 22.3 Å². The van der Waals surface area contributed by atoms with Gasteiger partial charge in [0.15, 0.2) is 5.76 Å². The van der Waals surface area contributed by atoms with Gasteiger partial charge in [0.05, 0.1) is 5.69 Å². The molecule has 1 amide bonds. The first-order chi connectivity index (χ1) is 10.1. The Balaban J connectivity index is 2.08. The molecule has 0 spiro atoms. The Bertz CT molecular complexity index is 595. The van der Waals surface area contributed by atoms with E-state index in [9.17, 15) is 4.79 Å². The van der Waals surface area contributed by atoms with Gasteiger partial charge in [-0.25, -0.2) is 5.84 Å². The number of carbonyl (C=O) groups excluding carboxylic acids is 1. The molecule has 0 saturated heterocycles. The van der Waals surface area contributed by atoms with E-state index in [2.05, 4.69) is 22.2 Å². The van der Waals surface area contributed by atoms with E-state index in [1.54, 1.807) is 12.3 Å². The second-order valence-corrected chi connectivity index (χ2v) is 4.79. The van der Waals surface area contributed by atoms with E-state index in [0.717, 1.165) is 30.1 Å². The summed E-state index contributed by atoms with van der Waals surface area (Å²) in [5, 5.41) is 0. The van der Waals surface area contributed by atoms with E-state index in [1.165, 1.54) is 0 Å². The van der Waals surface area contributed by atoms with Crippen LogP contribution in [0.3, 0.4) is 0 Å². The number of rotatable bonds is 6. The number of aryl methyl sites for hydroxylation is 1. The zero-order valence-corrected chi connectivity index (χ0v) is 12.3. The van der Waals surface area contributed by atoms with Gasteiger partial charge in [-0.1, -0.05) is 13.0 Å². The van der Waals surface area contributed by atoms with Gasteiger partial charge >= 0.3 is 5.91 Å². The average Bonchev–Trinajstić information content (AvgIpc) is 2.88. The molecular weight excluding hydrogens is 268 g/mol. The van der Waals surface area contributed by atoms with Gasteiger partial charge in [0, 0.05) is 24.8 Å². The number of nitrogens with one attached hydrogen (secondary N) is 1. The van der Waals surface area contributed by atoms with Gasteiger partial charge in [0.25, 0.3) is 0 Å². The van der Waals surface area contributed by atoms with Crippen LogP contribution in [0.25, 0.3) is 0 Å². The summed E-state index contributed by atoms with van der Waals surface area (Å²) in [5.74, 6) is 5.66. The molecule has 0 saturated carbocycles. The average molecular weight is 288 g/mol. The number of aromatic nitrogens is 1. The summed E-state index contributed by atoms with van der Waals surface area (Å²) < 4.78 is 5.43. The maximum absolute atomic E-state index is 11.5. The molecule has 2 heterocycles. The number of nitrogen functional groups attached to an aromatic ring is 1. The normalized spacial score (nSPS) is 10.9. The van der Waals surface area contributed by atoms with Crippen LogP contribution in [0.4, 0.5) is 0 Å². The van der Waals surface area contributed by atoms with Crippen molar-refractivity contribution < 1.29 is 9.21 Å². The fourth-order valence-corrected chi connectivity index (χ4v) is 2.10. The number of hydrogen-bond acceptors (Lipinski definition) is 5. The SMILES string of the molecule is CCN(Cc1ccccn1)Cc1cc(C(=O)NN)oc1C. The number of nitrogens with two attached hydrogens (primary N) is 1. The molecule has 0 bridgehead atoms. The fraction of sp³-hybridized carbons (Fsp3) is 0.333. The highest BCUT2D eigenvalue weighted by atomic mass is 16.4. The standard InChI is InChI=1S/C15H20N4O2/c1-3-19(10-13-6-4-5-7-17-13)9-12-8-14(15(20)18-16)21-11(12)2/h4-8H,3,9-10,16H2,1-2H3,(H,18,20). The lowest BCUT2D eigenvalue weighted by Crippen LogP contribution is -2.29. The molecule has 6 heteroatoms. The molecule has 0 aliphatic rings. The number of hydrogen-bond donors (Lipinski definition) is 2. The molecule has 0 aliphatic carbocycles. The largest absolute Gasteiger partial charge is 0.456 e. The smallest absolute Gasteiger partial charge is 0.300 e. The molecule has 0 aliphatic heterocycles. The van der Waals surface area contributed by atoms with Crippen molar-refractivity contribution in [1.29, 1.82) is 0 Å². The van der Waals surface area contributed by atoms with Gasteiger partial charge in [-0.2, -0.15) is 0 Å². The van der Waals surface area contributed by atoms with Gasteiger partial charge in [0.1, 0.15) is 5.76 Å². The second-order valence-electron chi connectivity index (χ2n) is 4.79. The molecule has 0 aromatic carbocycles. The topological polar surface area (TPSA) is 84.4 Å². The first-order valence-corrected chi connectivity index (χ1v) is 6.86. The zero-order chi connectivity index (χ0) is 15.2. The monoisotopic (exact) mass is 288 g/mol. The van der Waals surface area contributed by atoms with Crippen LogP contribution in [0.1, 0.15) is 34.5 Å². The molecule has 2 aromatic rings. The Labute approximate surface area is 123 Å². The lowest BCUT2D eigenvalue weighted by atomic mass is 10.2. The van der Waals surface area contributed by atoms with Crippen molar-refractivity contribution in [3.05, 3.63) is 53.2 Å². The Hall–Kier alpha value is -2.18. The number of pyridine rings is 1. The lowest BCUT2D eigenvalue weighted by molar-refractivity contribution is 0.0924. The van der Waals surface area contributed by atoms with Crippen LogP contribution in [0, 0.1) is 6.92 Å². The quantitative estimate of drug-likeness (QED) is 0.479. The third-order valence-corrected chi connectivity index (χ3v) is 3.33. The van der Waals surface area contributed by atoms with E-state index < -0.39 is 5.91 Å². The minimum atomic E-state index is -0.419. The summed E-state index contributed by atoms with van der Waals surface area (Å²) in [5.41, 5.74) is 4.07. The van der Waals surface area contributed by atoms with E-state index in [1.807, 2.05) is 25.1 Å². The Morgan fingerprint density at radius 3 is 2.86 bits per heavy atom. The predicted octanol–water partition coefficient (Wildman–Crippen LogP) is 1.61. The van der Waals surface area contributed by atoms with Gasteiger partial charge in [-0.3, -0.25) is 20.1 Å². The number of hydrazine groups is 1. The van der Waals surface area contributed by atoms with Gasteiger partial charge < -0.3 is 4.42 Å². The number of carbonyl (C=O) groups is 1. The van der Waals surface area contributed by atoms with Crippen LogP contribution in [0.5, 0.6) is 0 Å². The van der Waals surface area contributed by atoms with Crippen LogP contribution in [0.2, 0.25) is 0 Å². The van der Waals surface area contributed by atoms with Crippen molar-refractivity contribution >= 4 is 5.91 Å². The third-order valence-electron chi connectivity index (χ3n) is 3.33. The Kier molecular flexibility index (Phi) is 5.08. The third kappa shape index (κ3) is 3.90. The summed E-state index contributed by atoms with van der Waals surface area (Å²) in [7, 11) is 0. The van der Waals surface area contributed by atoms with Crippen LogP contribution in [0.15, 0.2) is 34.9 Å². The summed E-state index contributed by atoms with van der Waals surface area (Å²) >= 11 is 0. The molecule has 0 radical (unpaired) electrons. The van der Waals surface area contributed by atoms with E-state index in [0.29, 0.717) is 6.54 Å². The van der Waals surface area contributed by atoms with Gasteiger partial charge in [0.2, 0.25) is 0 Å². The van der Waals surface area contributed by atoms with Crippen LogP contribution >= 0.6 is 0 Å². The zero-order valence-electron chi connectivity index (χ0n) is 12.3. The van der Waals surface area contributed by atoms with E-state index in [-0.39, 0.29) is 5.76 Å². The van der Waals surface area contributed by atoms with E-state index >= 15 is 0 Å². The molecule has 2 rings (SSSR count). The molecule has 0 unspecified atom stereocenters. The number of nitrogens with zero attached hydrogens (tertiary/aromatic N) is 2. The predicted molar refractivity (Wildman–Crippen MR) is 79.1 cm³/mol. The van der Waals surface area contributed by atoms with Crippen molar-refractivity contribution in [2.45, 2.75) is 26.9 Å². The Morgan fingerprint density at radius 2 is 2.24 bits per heavy atom. The van der Waals surface area contributed by atoms with Crippen molar-refractivity contribution in [2.75, 3.05) is 6.54 Å². The maximum Gasteiger partial charge on any atom is 0.300 e. The fourth-order valence-electron chi connectivity index (χ4n) is 2.10. The first-order valence-electron chi connectivity index (χ1n) is 6.86. The highest BCUT2D eigenvalue weighted by molar-refractivity contribution is 5.91. The van der Waals surface area contributed by atoms with Crippen molar-refractivity contribution in [3.8, 4) is 0 Å². The molecule has 2 aromatic heterocycles. The second kappa shape index (κ2) is 7.01. The molecule has 21 heavy (non-hydrogen) atoms. The molecule has 0 atom stereocenters. The lowest BCUT2D eigenvalue weighted by Gasteiger charge is -2.19. The van der Waals surface area contributed by atoms with Crippen molar-refractivity contribution in [3.63, 3.8) is 0 Å². The van der Waals surface area contributed by atoms with Crippen molar-refractivity contribution in [1.82, 2.24) is 15.3 Å². The molecule has 3 N–H and O–H groups in total. The van der Waals surface area contributed by atoms with E-state index in [4.69, 9.17) is 10.3 Å². The maximum atomic E-state index is 11.5. The van der Waals surface area contributed by atoms with Gasteiger partial charge in [-0.15, -0.1) is 0 Å².